The van der Waals surface area contributed by atoms with Gasteiger partial charge in [-0.05, 0) is 95.8 Å². The molecule has 0 aliphatic heterocycles. The van der Waals surface area contributed by atoms with Crippen molar-refractivity contribution >= 4 is 28.7 Å². The first kappa shape index (κ1) is 23.2. The van der Waals surface area contributed by atoms with Crippen molar-refractivity contribution in [2.24, 2.45) is 0 Å². The maximum atomic E-state index is 10.9. The smallest absolute Gasteiger partial charge is 0.335 e. The summed E-state index contributed by atoms with van der Waals surface area (Å²) < 4.78 is 0. The molecule has 6 heteroatoms. The van der Waals surface area contributed by atoms with E-state index in [1.54, 1.807) is 24.3 Å². The van der Waals surface area contributed by atoms with Crippen LogP contribution in [-0.2, 0) is 0 Å². The van der Waals surface area contributed by atoms with Crippen LogP contribution in [0.2, 0.25) is 0 Å². The number of anilines is 4. The Balaban J connectivity index is 0.000000186. The molecule has 4 aromatic rings. The lowest BCUT2D eigenvalue weighted by Gasteiger charge is -2.11. The zero-order chi connectivity index (χ0) is 24.1. The van der Waals surface area contributed by atoms with E-state index in [4.69, 9.17) is 28.0 Å². The largest absolute Gasteiger partial charge is 0.478 e. The van der Waals surface area contributed by atoms with Gasteiger partial charge in [0.2, 0.25) is 0 Å². The molecule has 6 nitrogen and oxygen atoms in total. The molecule has 4 rings (SSSR count). The van der Waals surface area contributed by atoms with Crippen LogP contribution >= 0.6 is 0 Å². The van der Waals surface area contributed by atoms with Crippen molar-refractivity contribution < 1.29 is 9.90 Å². The lowest BCUT2D eigenvalue weighted by Crippen LogP contribution is -1.98. The van der Waals surface area contributed by atoms with Crippen LogP contribution in [0.3, 0.4) is 0 Å². The summed E-state index contributed by atoms with van der Waals surface area (Å²) in [7, 11) is 0. The van der Waals surface area contributed by atoms with Crippen molar-refractivity contribution in [3.05, 3.63) is 95.6 Å². The molecular formula is C27H28N4O2. The molecule has 168 valence electrons. The van der Waals surface area contributed by atoms with Crippen molar-refractivity contribution in [3.63, 3.8) is 0 Å². The van der Waals surface area contributed by atoms with Crippen LogP contribution in [0.4, 0.5) is 22.7 Å². The average Bonchev–Trinajstić information content (AvgIpc) is 2.79. The third-order valence-electron chi connectivity index (χ3n) is 5.50. The number of carboxylic acid groups (broad SMARTS) is 1. The minimum Gasteiger partial charge on any atom is -0.478 e. The topological polar surface area (TPSA) is 141 Å². The van der Waals surface area contributed by atoms with Gasteiger partial charge in [-0.1, -0.05) is 30.3 Å². The number of nitrogen functional groups attached to an aromatic ring is 4. The Hall–Kier alpha value is -4.45. The Kier molecular flexibility index (Phi) is 6.88. The number of nitrogens with two attached hydrogens (primary N) is 4. The SMILES string of the molecule is Cc1c(N)ccc(-c2ccc(N)cc2)c1C.Nc1ccc(-c2cc(N)cc(C(=O)O)c2)cc1. The fourth-order valence-electron chi connectivity index (χ4n) is 3.43. The highest BCUT2D eigenvalue weighted by molar-refractivity contribution is 5.91. The van der Waals surface area contributed by atoms with Gasteiger partial charge in [-0.25, -0.2) is 4.79 Å². The van der Waals surface area contributed by atoms with E-state index in [2.05, 4.69) is 13.0 Å². The zero-order valence-corrected chi connectivity index (χ0v) is 18.7. The average molecular weight is 441 g/mol. The van der Waals surface area contributed by atoms with Crippen LogP contribution in [0, 0.1) is 13.8 Å². The predicted octanol–water partition coefficient (Wildman–Crippen LogP) is 5.35. The van der Waals surface area contributed by atoms with E-state index in [1.807, 2.05) is 49.4 Å². The van der Waals surface area contributed by atoms with Crippen molar-refractivity contribution in [2.45, 2.75) is 13.8 Å². The van der Waals surface area contributed by atoms with Gasteiger partial charge >= 0.3 is 5.97 Å². The maximum absolute atomic E-state index is 10.9. The van der Waals surface area contributed by atoms with Gasteiger partial charge in [0, 0.05) is 22.7 Å². The van der Waals surface area contributed by atoms with Gasteiger partial charge < -0.3 is 28.0 Å². The van der Waals surface area contributed by atoms with Gasteiger partial charge in [0.15, 0.2) is 0 Å². The highest BCUT2D eigenvalue weighted by Gasteiger charge is 2.07. The molecule has 0 unspecified atom stereocenters. The number of hydrogen-bond donors (Lipinski definition) is 5. The van der Waals surface area contributed by atoms with Crippen molar-refractivity contribution in [1.29, 1.82) is 0 Å². The fraction of sp³-hybridized carbons (Fsp3) is 0.0741. The van der Waals surface area contributed by atoms with Crippen LogP contribution in [0.25, 0.3) is 22.3 Å². The Morgan fingerprint density at radius 1 is 0.606 bits per heavy atom. The number of rotatable bonds is 3. The number of aromatic carboxylic acids is 1. The molecule has 0 aromatic heterocycles. The van der Waals surface area contributed by atoms with Crippen LogP contribution < -0.4 is 22.9 Å². The summed E-state index contributed by atoms with van der Waals surface area (Å²) >= 11 is 0. The molecule has 33 heavy (non-hydrogen) atoms. The Morgan fingerprint density at radius 2 is 1.15 bits per heavy atom. The highest BCUT2D eigenvalue weighted by Crippen LogP contribution is 2.29. The second-order valence-electron chi connectivity index (χ2n) is 7.85. The summed E-state index contributed by atoms with van der Waals surface area (Å²) in [5.74, 6) is -0.992. The molecule has 0 fully saturated rings. The molecule has 9 N–H and O–H groups in total. The van der Waals surface area contributed by atoms with E-state index in [0.29, 0.717) is 11.4 Å². The van der Waals surface area contributed by atoms with Crippen molar-refractivity contribution in [3.8, 4) is 22.3 Å². The first-order valence-corrected chi connectivity index (χ1v) is 10.4. The van der Waals surface area contributed by atoms with Crippen molar-refractivity contribution in [1.82, 2.24) is 0 Å². The molecule has 0 bridgehead atoms. The summed E-state index contributed by atoms with van der Waals surface area (Å²) in [5, 5.41) is 8.95. The van der Waals surface area contributed by atoms with E-state index in [9.17, 15) is 4.79 Å². The van der Waals surface area contributed by atoms with Gasteiger partial charge in [-0.3, -0.25) is 0 Å². The van der Waals surface area contributed by atoms with Gasteiger partial charge in [0.25, 0.3) is 0 Å². The molecule has 0 saturated heterocycles. The van der Waals surface area contributed by atoms with Crippen molar-refractivity contribution in [2.75, 3.05) is 22.9 Å². The molecule has 0 aliphatic carbocycles. The highest BCUT2D eigenvalue weighted by atomic mass is 16.4. The number of carboxylic acids is 1. The van der Waals surface area contributed by atoms with E-state index in [1.165, 1.54) is 22.8 Å². The normalized spacial score (nSPS) is 10.2. The lowest BCUT2D eigenvalue weighted by molar-refractivity contribution is 0.0697. The monoisotopic (exact) mass is 440 g/mol. The molecule has 0 amide bonds. The zero-order valence-electron chi connectivity index (χ0n) is 18.7. The number of benzene rings is 4. The molecule has 0 radical (unpaired) electrons. The Morgan fingerprint density at radius 3 is 1.70 bits per heavy atom. The number of carbonyl (C=O) groups is 1. The first-order valence-electron chi connectivity index (χ1n) is 10.4. The molecule has 4 aromatic carbocycles. The van der Waals surface area contributed by atoms with E-state index >= 15 is 0 Å². The maximum Gasteiger partial charge on any atom is 0.335 e. The summed E-state index contributed by atoms with van der Waals surface area (Å²) in [6.45, 7) is 4.14. The minimum atomic E-state index is -0.992. The lowest BCUT2D eigenvalue weighted by atomic mass is 9.96. The second kappa shape index (κ2) is 9.78. The molecular weight excluding hydrogens is 412 g/mol. The number of hydrogen-bond acceptors (Lipinski definition) is 5. The van der Waals surface area contributed by atoms with Gasteiger partial charge in [0.1, 0.15) is 0 Å². The molecule has 0 spiro atoms. The summed E-state index contributed by atoms with van der Waals surface area (Å²) in [6, 6.07) is 23.9. The van der Waals surface area contributed by atoms with Crippen LogP contribution in [0.1, 0.15) is 21.5 Å². The summed E-state index contributed by atoms with van der Waals surface area (Å²) in [6.07, 6.45) is 0. The Labute approximate surface area is 193 Å². The molecule has 0 aliphatic rings. The van der Waals surface area contributed by atoms with Gasteiger partial charge in [-0.2, -0.15) is 0 Å². The molecule has 0 heterocycles. The van der Waals surface area contributed by atoms with Crippen LogP contribution in [-0.4, -0.2) is 11.1 Å². The summed E-state index contributed by atoms with van der Waals surface area (Å²) in [4.78, 5) is 10.9. The fourth-order valence-corrected chi connectivity index (χ4v) is 3.43. The third kappa shape index (κ3) is 5.62. The van der Waals surface area contributed by atoms with Crippen LogP contribution in [0.5, 0.6) is 0 Å². The summed E-state index contributed by atoms with van der Waals surface area (Å²) in [5.41, 5.74) is 32.1. The van der Waals surface area contributed by atoms with E-state index < -0.39 is 5.97 Å². The minimum absolute atomic E-state index is 0.178. The van der Waals surface area contributed by atoms with E-state index in [-0.39, 0.29) is 5.56 Å². The first-order chi connectivity index (χ1) is 15.7. The third-order valence-corrected chi connectivity index (χ3v) is 5.50. The predicted molar refractivity (Wildman–Crippen MR) is 138 cm³/mol. The Bertz CT molecular complexity index is 1280. The van der Waals surface area contributed by atoms with Gasteiger partial charge in [0.05, 0.1) is 5.56 Å². The standard InChI is InChI=1S/C14H16N2.C13H12N2O2/c1-9-10(2)14(16)8-7-13(9)11-3-5-12(15)6-4-11;14-11-3-1-8(2-4-11)9-5-10(13(16)17)7-12(15)6-9/h3-8H,15-16H2,1-2H3;1-7H,14-15H2,(H,16,17). The van der Waals surface area contributed by atoms with E-state index in [0.717, 1.165) is 28.1 Å². The quantitative estimate of drug-likeness (QED) is 0.272. The molecule has 0 atom stereocenters. The second-order valence-corrected chi connectivity index (χ2v) is 7.85. The van der Waals surface area contributed by atoms with Gasteiger partial charge in [-0.15, -0.1) is 0 Å². The van der Waals surface area contributed by atoms with Crippen LogP contribution in [0.15, 0.2) is 78.9 Å². The molecule has 0 saturated carbocycles.